The van der Waals surface area contributed by atoms with Crippen LogP contribution < -0.4 is 5.32 Å². The molecule has 1 N–H and O–H groups in total. The largest absolute Gasteiger partial charge is 0.461 e. The fourth-order valence-electron chi connectivity index (χ4n) is 2.88. The van der Waals surface area contributed by atoms with Crippen LogP contribution in [0.5, 0.6) is 0 Å². The Bertz CT molecular complexity index is 863. The van der Waals surface area contributed by atoms with Crippen molar-refractivity contribution in [3.63, 3.8) is 0 Å². The molecule has 3 rings (SSSR count). The van der Waals surface area contributed by atoms with E-state index < -0.39 is 0 Å². The van der Waals surface area contributed by atoms with Crippen LogP contribution in [0.3, 0.4) is 0 Å². The van der Waals surface area contributed by atoms with Crippen LogP contribution in [0.2, 0.25) is 0 Å². The van der Waals surface area contributed by atoms with E-state index in [1.54, 1.807) is 10.7 Å². The van der Waals surface area contributed by atoms with Gasteiger partial charge in [-0.3, -0.25) is 9.48 Å². The third-order valence-corrected chi connectivity index (χ3v) is 3.97. The van der Waals surface area contributed by atoms with Crippen LogP contribution in [0.1, 0.15) is 48.3 Å². The van der Waals surface area contributed by atoms with Crippen molar-refractivity contribution in [1.29, 1.82) is 0 Å². The average Bonchev–Trinajstić information content (AvgIpc) is 3.09. The van der Waals surface area contributed by atoms with E-state index in [2.05, 4.69) is 29.2 Å². The highest BCUT2D eigenvalue weighted by atomic mass is 16.3. The molecule has 1 unspecified atom stereocenters. The molecule has 0 spiro atoms. The molecule has 0 bridgehead atoms. The summed E-state index contributed by atoms with van der Waals surface area (Å²) >= 11 is 0. The molecule has 126 valence electrons. The lowest BCUT2D eigenvalue weighted by Gasteiger charge is -2.19. The van der Waals surface area contributed by atoms with E-state index >= 15 is 0 Å². The molecule has 24 heavy (non-hydrogen) atoms. The fraction of sp³-hybridized carbons (Fsp3) is 0.389. The van der Waals surface area contributed by atoms with Crippen molar-refractivity contribution in [2.45, 2.75) is 33.2 Å². The standard InChI is InChI=1S/C18H22N4O2/c1-11(2)7-15(17-19-10-20-22(17)4)21-18(23)13-5-6-16-14(9-13)8-12(3)24-16/h5-6,8-11,15H,7H2,1-4H3,(H,21,23). The van der Waals surface area contributed by atoms with Crippen LogP contribution in [0.25, 0.3) is 11.0 Å². The molecular weight excluding hydrogens is 304 g/mol. The van der Waals surface area contributed by atoms with Gasteiger partial charge in [-0.15, -0.1) is 0 Å². The van der Waals surface area contributed by atoms with Gasteiger partial charge in [-0.1, -0.05) is 13.8 Å². The van der Waals surface area contributed by atoms with Crippen molar-refractivity contribution in [1.82, 2.24) is 20.1 Å². The number of fused-ring (bicyclic) bond motifs is 1. The normalized spacial score (nSPS) is 12.7. The minimum Gasteiger partial charge on any atom is -0.461 e. The topological polar surface area (TPSA) is 73.0 Å². The first kappa shape index (κ1) is 16.2. The van der Waals surface area contributed by atoms with Crippen LogP contribution in [-0.4, -0.2) is 20.7 Å². The van der Waals surface area contributed by atoms with E-state index in [0.29, 0.717) is 11.5 Å². The van der Waals surface area contributed by atoms with Gasteiger partial charge in [-0.25, -0.2) is 4.98 Å². The first-order valence-electron chi connectivity index (χ1n) is 8.09. The molecular formula is C18H22N4O2. The molecule has 2 heterocycles. The minimum absolute atomic E-state index is 0.121. The molecule has 0 saturated carbocycles. The second-order valence-electron chi connectivity index (χ2n) is 6.51. The predicted molar refractivity (Wildman–Crippen MR) is 91.6 cm³/mol. The van der Waals surface area contributed by atoms with Gasteiger partial charge in [-0.2, -0.15) is 5.10 Å². The SMILES string of the molecule is Cc1cc2cc(C(=O)NC(CC(C)C)c3ncnn3C)ccc2o1. The molecule has 3 aromatic rings. The summed E-state index contributed by atoms with van der Waals surface area (Å²) in [4.78, 5) is 17.0. The lowest BCUT2D eigenvalue weighted by atomic mass is 10.0. The monoisotopic (exact) mass is 326 g/mol. The van der Waals surface area contributed by atoms with Crippen molar-refractivity contribution < 1.29 is 9.21 Å². The minimum atomic E-state index is -0.174. The Balaban J connectivity index is 1.85. The number of furan rings is 1. The summed E-state index contributed by atoms with van der Waals surface area (Å²) < 4.78 is 7.26. The number of aryl methyl sites for hydroxylation is 2. The summed E-state index contributed by atoms with van der Waals surface area (Å²) in [5, 5.41) is 8.13. The van der Waals surface area contributed by atoms with Gasteiger partial charge in [0.05, 0.1) is 6.04 Å². The average molecular weight is 326 g/mol. The molecule has 6 heteroatoms. The number of benzene rings is 1. The summed E-state index contributed by atoms with van der Waals surface area (Å²) in [7, 11) is 1.84. The van der Waals surface area contributed by atoms with Gasteiger partial charge in [0.15, 0.2) is 0 Å². The van der Waals surface area contributed by atoms with Crippen LogP contribution in [0.4, 0.5) is 0 Å². The number of nitrogens with zero attached hydrogens (tertiary/aromatic N) is 3. The van der Waals surface area contributed by atoms with Gasteiger partial charge < -0.3 is 9.73 Å². The summed E-state index contributed by atoms with van der Waals surface area (Å²) in [5.41, 5.74) is 1.40. The molecule has 1 atom stereocenters. The van der Waals surface area contributed by atoms with Gasteiger partial charge in [0.1, 0.15) is 23.5 Å². The molecule has 0 aliphatic rings. The van der Waals surface area contributed by atoms with Crippen molar-refractivity contribution in [2.24, 2.45) is 13.0 Å². The number of amides is 1. The highest BCUT2D eigenvalue weighted by molar-refractivity contribution is 5.98. The molecule has 0 radical (unpaired) electrons. The van der Waals surface area contributed by atoms with E-state index in [1.807, 2.05) is 32.2 Å². The smallest absolute Gasteiger partial charge is 0.251 e. The summed E-state index contributed by atoms with van der Waals surface area (Å²) in [6, 6.07) is 7.22. The van der Waals surface area contributed by atoms with Gasteiger partial charge in [0.25, 0.3) is 5.91 Å². The van der Waals surface area contributed by atoms with Gasteiger partial charge in [0, 0.05) is 18.0 Å². The van der Waals surface area contributed by atoms with E-state index in [-0.39, 0.29) is 11.9 Å². The molecule has 1 amide bonds. The van der Waals surface area contributed by atoms with E-state index in [1.165, 1.54) is 6.33 Å². The summed E-state index contributed by atoms with van der Waals surface area (Å²) in [6.07, 6.45) is 2.31. The van der Waals surface area contributed by atoms with E-state index in [4.69, 9.17) is 4.42 Å². The van der Waals surface area contributed by atoms with Crippen LogP contribution in [0, 0.1) is 12.8 Å². The molecule has 0 saturated heterocycles. The van der Waals surface area contributed by atoms with Gasteiger partial charge >= 0.3 is 0 Å². The number of aromatic nitrogens is 3. The van der Waals surface area contributed by atoms with Gasteiger partial charge in [-0.05, 0) is 43.5 Å². The zero-order valence-electron chi connectivity index (χ0n) is 14.4. The quantitative estimate of drug-likeness (QED) is 0.780. The van der Waals surface area contributed by atoms with Crippen LogP contribution in [0.15, 0.2) is 35.0 Å². The molecule has 0 aliphatic carbocycles. The second kappa shape index (κ2) is 6.47. The second-order valence-corrected chi connectivity index (χ2v) is 6.51. The maximum absolute atomic E-state index is 12.7. The lowest BCUT2D eigenvalue weighted by Crippen LogP contribution is -2.31. The molecule has 0 fully saturated rings. The summed E-state index contributed by atoms with van der Waals surface area (Å²) in [6.45, 7) is 6.14. The van der Waals surface area contributed by atoms with Crippen molar-refractivity contribution >= 4 is 16.9 Å². The maximum atomic E-state index is 12.7. The highest BCUT2D eigenvalue weighted by Crippen LogP contribution is 2.22. The van der Waals surface area contributed by atoms with Crippen molar-refractivity contribution in [2.75, 3.05) is 0 Å². The Hall–Kier alpha value is -2.63. The first-order valence-corrected chi connectivity index (χ1v) is 8.09. The Morgan fingerprint density at radius 1 is 1.33 bits per heavy atom. The van der Waals surface area contributed by atoms with E-state index in [0.717, 1.165) is 29.0 Å². The maximum Gasteiger partial charge on any atom is 0.251 e. The van der Waals surface area contributed by atoms with Crippen molar-refractivity contribution in [3.8, 4) is 0 Å². The van der Waals surface area contributed by atoms with Crippen LogP contribution >= 0.6 is 0 Å². The molecule has 2 aromatic heterocycles. The zero-order valence-corrected chi connectivity index (χ0v) is 14.4. The molecule has 1 aromatic carbocycles. The Kier molecular flexibility index (Phi) is 4.38. The Labute approximate surface area is 140 Å². The Morgan fingerprint density at radius 3 is 2.79 bits per heavy atom. The summed E-state index contributed by atoms with van der Waals surface area (Å²) in [5.74, 6) is 1.90. The molecule has 6 nitrogen and oxygen atoms in total. The third kappa shape index (κ3) is 3.32. The lowest BCUT2D eigenvalue weighted by molar-refractivity contribution is 0.0929. The number of hydrogen-bond donors (Lipinski definition) is 1. The predicted octanol–water partition coefficient (Wildman–Crippen LogP) is 3.39. The van der Waals surface area contributed by atoms with Gasteiger partial charge in [0.2, 0.25) is 0 Å². The first-order chi connectivity index (χ1) is 11.4. The number of hydrogen-bond acceptors (Lipinski definition) is 4. The van der Waals surface area contributed by atoms with Crippen LogP contribution in [-0.2, 0) is 7.05 Å². The number of carbonyl (C=O) groups is 1. The number of rotatable bonds is 5. The Morgan fingerprint density at radius 2 is 2.12 bits per heavy atom. The molecule has 0 aliphatic heterocycles. The van der Waals surface area contributed by atoms with E-state index in [9.17, 15) is 4.79 Å². The highest BCUT2D eigenvalue weighted by Gasteiger charge is 2.21. The number of carbonyl (C=O) groups excluding carboxylic acids is 1. The van der Waals surface area contributed by atoms with Crippen molar-refractivity contribution in [3.05, 3.63) is 47.7 Å². The zero-order chi connectivity index (χ0) is 17.3. The fourth-order valence-corrected chi connectivity index (χ4v) is 2.88. The number of nitrogens with one attached hydrogen (secondary N) is 1. The third-order valence-electron chi connectivity index (χ3n) is 3.97.